The lowest BCUT2D eigenvalue weighted by Gasteiger charge is -2.25. The lowest BCUT2D eigenvalue weighted by atomic mass is 9.88. The molecule has 1 unspecified atom stereocenters. The van der Waals surface area contributed by atoms with Gasteiger partial charge in [0.15, 0.2) is 11.6 Å². The van der Waals surface area contributed by atoms with Gasteiger partial charge in [-0.2, -0.15) is 0 Å². The van der Waals surface area contributed by atoms with Gasteiger partial charge >= 0.3 is 0 Å². The van der Waals surface area contributed by atoms with Crippen LogP contribution in [0.1, 0.15) is 23.6 Å². The normalized spacial score (nSPS) is 14.1. The van der Waals surface area contributed by atoms with Crippen LogP contribution in [0.25, 0.3) is 0 Å². The molecular formula is C16H15F3O. The molecule has 0 aliphatic carbocycles. The molecule has 1 N–H and O–H groups in total. The van der Waals surface area contributed by atoms with E-state index in [0.717, 1.165) is 0 Å². The minimum Gasteiger partial charge on any atom is -0.385 e. The zero-order valence-corrected chi connectivity index (χ0v) is 11.3. The zero-order valence-electron chi connectivity index (χ0n) is 11.3. The topological polar surface area (TPSA) is 20.2 Å². The number of hydrogen-bond donors (Lipinski definition) is 1. The van der Waals surface area contributed by atoms with Crippen molar-refractivity contribution < 1.29 is 18.3 Å². The van der Waals surface area contributed by atoms with E-state index in [1.807, 2.05) is 0 Å². The molecule has 2 aromatic carbocycles. The quantitative estimate of drug-likeness (QED) is 0.905. The number of aryl methyl sites for hydroxylation is 1. The molecule has 0 aliphatic rings. The minimum absolute atomic E-state index is 0.140. The second kappa shape index (κ2) is 5.29. The van der Waals surface area contributed by atoms with Gasteiger partial charge in [0.1, 0.15) is 5.82 Å². The first kappa shape index (κ1) is 14.6. The zero-order chi connectivity index (χ0) is 14.9. The van der Waals surface area contributed by atoms with Crippen LogP contribution in [0, 0.1) is 24.4 Å². The predicted molar refractivity (Wildman–Crippen MR) is 70.8 cm³/mol. The molecule has 2 rings (SSSR count). The summed E-state index contributed by atoms with van der Waals surface area (Å²) in [7, 11) is 0. The maximum atomic E-state index is 13.9. The maximum absolute atomic E-state index is 13.9. The van der Waals surface area contributed by atoms with Crippen LogP contribution in [-0.4, -0.2) is 5.11 Å². The summed E-state index contributed by atoms with van der Waals surface area (Å²) in [4.78, 5) is 0. The van der Waals surface area contributed by atoms with Gasteiger partial charge in [-0.15, -0.1) is 0 Å². The van der Waals surface area contributed by atoms with Crippen molar-refractivity contribution in [2.45, 2.75) is 25.9 Å². The van der Waals surface area contributed by atoms with Gasteiger partial charge in [0.05, 0.1) is 5.60 Å². The highest BCUT2D eigenvalue weighted by Crippen LogP contribution is 2.30. The third-order valence-corrected chi connectivity index (χ3v) is 3.35. The second-order valence-electron chi connectivity index (χ2n) is 5.10. The molecule has 0 spiro atoms. The molecule has 0 bridgehead atoms. The van der Waals surface area contributed by atoms with E-state index in [9.17, 15) is 18.3 Å². The molecule has 0 fully saturated rings. The van der Waals surface area contributed by atoms with E-state index in [4.69, 9.17) is 0 Å². The van der Waals surface area contributed by atoms with Crippen molar-refractivity contribution in [3.63, 3.8) is 0 Å². The first-order chi connectivity index (χ1) is 9.33. The molecule has 0 aliphatic heterocycles. The van der Waals surface area contributed by atoms with Crippen LogP contribution < -0.4 is 0 Å². The Balaban J connectivity index is 2.41. The summed E-state index contributed by atoms with van der Waals surface area (Å²) in [6, 6.07) is 8.64. The monoisotopic (exact) mass is 280 g/mol. The van der Waals surface area contributed by atoms with Crippen molar-refractivity contribution in [3.8, 4) is 0 Å². The Bertz CT molecular complexity index is 636. The molecule has 0 heterocycles. The van der Waals surface area contributed by atoms with E-state index in [2.05, 4.69) is 0 Å². The molecule has 1 nitrogen and oxygen atoms in total. The lowest BCUT2D eigenvalue weighted by molar-refractivity contribution is 0.0521. The summed E-state index contributed by atoms with van der Waals surface area (Å²) in [6.45, 7) is 2.78. The van der Waals surface area contributed by atoms with Crippen molar-refractivity contribution in [1.82, 2.24) is 0 Å². The van der Waals surface area contributed by atoms with E-state index in [-0.39, 0.29) is 23.1 Å². The summed E-state index contributed by atoms with van der Waals surface area (Å²) in [5.74, 6) is -2.57. The summed E-state index contributed by atoms with van der Waals surface area (Å²) in [6.07, 6.45) is -0.140. The largest absolute Gasteiger partial charge is 0.385 e. The Morgan fingerprint density at radius 3 is 2.30 bits per heavy atom. The van der Waals surface area contributed by atoms with Gasteiger partial charge in [-0.05, 0) is 31.0 Å². The Morgan fingerprint density at radius 1 is 1.00 bits per heavy atom. The van der Waals surface area contributed by atoms with Crippen LogP contribution in [0.3, 0.4) is 0 Å². The van der Waals surface area contributed by atoms with Crippen molar-refractivity contribution >= 4 is 0 Å². The number of hydrogen-bond acceptors (Lipinski definition) is 1. The highest BCUT2D eigenvalue weighted by Gasteiger charge is 2.29. The standard InChI is InChI=1S/C16H15F3O/c1-10-7-8-12(15(19)14(10)18)16(2,20)9-11-5-3-4-6-13(11)17/h3-8,20H,9H2,1-2H3. The molecule has 2 aromatic rings. The summed E-state index contributed by atoms with van der Waals surface area (Å²) >= 11 is 0. The van der Waals surface area contributed by atoms with Crippen LogP contribution >= 0.6 is 0 Å². The van der Waals surface area contributed by atoms with Gasteiger partial charge in [0.2, 0.25) is 0 Å². The molecule has 106 valence electrons. The molecular weight excluding hydrogens is 265 g/mol. The van der Waals surface area contributed by atoms with Crippen LogP contribution in [-0.2, 0) is 12.0 Å². The minimum atomic E-state index is -1.69. The van der Waals surface area contributed by atoms with Gasteiger partial charge in [-0.25, -0.2) is 13.2 Å². The predicted octanol–water partition coefficient (Wildman–Crippen LogP) is 3.86. The fraction of sp³-hybridized carbons (Fsp3) is 0.250. The van der Waals surface area contributed by atoms with Crippen molar-refractivity contribution in [2.75, 3.05) is 0 Å². The maximum Gasteiger partial charge on any atom is 0.165 e. The summed E-state index contributed by atoms with van der Waals surface area (Å²) in [5, 5.41) is 10.4. The Morgan fingerprint density at radius 2 is 1.65 bits per heavy atom. The fourth-order valence-electron chi connectivity index (χ4n) is 2.17. The number of aliphatic hydroxyl groups is 1. The van der Waals surface area contributed by atoms with Crippen LogP contribution in [0.15, 0.2) is 36.4 Å². The Hall–Kier alpha value is -1.81. The Labute approximate surface area is 115 Å². The highest BCUT2D eigenvalue weighted by molar-refractivity contribution is 5.31. The van der Waals surface area contributed by atoms with Crippen LogP contribution in [0.2, 0.25) is 0 Å². The van der Waals surface area contributed by atoms with E-state index in [1.165, 1.54) is 44.2 Å². The van der Waals surface area contributed by atoms with Gasteiger partial charge in [-0.1, -0.05) is 30.3 Å². The molecule has 0 saturated carbocycles. The first-order valence-corrected chi connectivity index (χ1v) is 6.24. The average molecular weight is 280 g/mol. The number of halogens is 3. The van der Waals surface area contributed by atoms with Crippen LogP contribution in [0.5, 0.6) is 0 Å². The van der Waals surface area contributed by atoms with Crippen LogP contribution in [0.4, 0.5) is 13.2 Å². The third kappa shape index (κ3) is 2.70. The molecule has 20 heavy (non-hydrogen) atoms. The highest BCUT2D eigenvalue weighted by atomic mass is 19.2. The third-order valence-electron chi connectivity index (χ3n) is 3.35. The lowest BCUT2D eigenvalue weighted by Crippen LogP contribution is -2.27. The Kier molecular flexibility index (Phi) is 3.86. The molecule has 0 amide bonds. The average Bonchev–Trinajstić information content (AvgIpc) is 2.38. The van der Waals surface area contributed by atoms with Crippen molar-refractivity contribution in [2.24, 2.45) is 0 Å². The molecule has 0 radical (unpaired) electrons. The summed E-state index contributed by atoms with van der Waals surface area (Å²) < 4.78 is 41.1. The fourth-order valence-corrected chi connectivity index (χ4v) is 2.17. The first-order valence-electron chi connectivity index (χ1n) is 6.24. The van der Waals surface area contributed by atoms with E-state index < -0.39 is 23.1 Å². The van der Waals surface area contributed by atoms with E-state index in [1.54, 1.807) is 6.07 Å². The SMILES string of the molecule is Cc1ccc(C(C)(O)Cc2ccccc2F)c(F)c1F. The van der Waals surface area contributed by atoms with E-state index >= 15 is 0 Å². The number of rotatable bonds is 3. The second-order valence-corrected chi connectivity index (χ2v) is 5.10. The van der Waals surface area contributed by atoms with Gasteiger partial charge in [-0.3, -0.25) is 0 Å². The van der Waals surface area contributed by atoms with Gasteiger partial charge in [0, 0.05) is 12.0 Å². The van der Waals surface area contributed by atoms with Gasteiger partial charge < -0.3 is 5.11 Å². The number of benzene rings is 2. The van der Waals surface area contributed by atoms with Gasteiger partial charge in [0.25, 0.3) is 0 Å². The molecule has 1 atom stereocenters. The van der Waals surface area contributed by atoms with Crippen molar-refractivity contribution in [1.29, 1.82) is 0 Å². The molecule has 4 heteroatoms. The molecule has 0 saturated heterocycles. The summed E-state index contributed by atoms with van der Waals surface area (Å²) in [5.41, 5.74) is -1.46. The molecule has 0 aromatic heterocycles. The van der Waals surface area contributed by atoms with Crippen molar-refractivity contribution in [3.05, 3.63) is 70.5 Å². The van der Waals surface area contributed by atoms with E-state index in [0.29, 0.717) is 0 Å². The smallest absolute Gasteiger partial charge is 0.165 e.